The maximum absolute atomic E-state index is 11.9. The predicted molar refractivity (Wildman–Crippen MR) is 101 cm³/mol. The van der Waals surface area contributed by atoms with Crippen LogP contribution in [-0.4, -0.2) is 39.5 Å². The third-order valence-corrected chi connectivity index (χ3v) is 7.28. The number of benzene rings is 1. The number of hydrogen-bond acceptors (Lipinski definition) is 4. The topological polar surface area (TPSA) is 69.8 Å². The summed E-state index contributed by atoms with van der Waals surface area (Å²) in [6, 6.07) is 8.88. The Kier molecular flexibility index (Phi) is 3.50. The summed E-state index contributed by atoms with van der Waals surface area (Å²) in [4.78, 5) is 0. The van der Waals surface area contributed by atoms with E-state index in [0.29, 0.717) is 12.5 Å². The quantitative estimate of drug-likeness (QED) is 0.707. The molecule has 2 aliphatic rings. The lowest BCUT2D eigenvalue weighted by molar-refractivity contribution is 0.505. The zero-order valence-electron chi connectivity index (χ0n) is 14.8. The van der Waals surface area contributed by atoms with Gasteiger partial charge in [0.05, 0.1) is 40.5 Å². The van der Waals surface area contributed by atoms with Crippen LogP contribution in [-0.2, 0) is 16.3 Å². The molecule has 6 nitrogen and oxygen atoms in total. The third kappa shape index (κ3) is 2.57. The predicted octanol–water partition coefficient (Wildman–Crippen LogP) is 3.16. The Bertz CT molecular complexity index is 1090. The molecule has 1 aliphatic carbocycles. The van der Waals surface area contributed by atoms with Crippen molar-refractivity contribution in [3.8, 4) is 11.3 Å². The smallest absolute Gasteiger partial charge is 0.152 e. The van der Waals surface area contributed by atoms with Gasteiger partial charge < -0.3 is 0 Å². The molecule has 1 saturated heterocycles. The molecule has 3 aromatic rings. The summed E-state index contributed by atoms with van der Waals surface area (Å²) in [5.41, 5.74) is 4.38. The van der Waals surface area contributed by atoms with E-state index in [2.05, 4.69) is 34.9 Å². The fourth-order valence-electron chi connectivity index (χ4n) is 4.02. The van der Waals surface area contributed by atoms with Crippen LogP contribution in [0.25, 0.3) is 22.2 Å². The van der Waals surface area contributed by atoms with E-state index in [1.807, 2.05) is 10.7 Å². The largest absolute Gasteiger partial charge is 0.262 e. The molecule has 0 bridgehead atoms. The third-order valence-electron chi connectivity index (χ3n) is 5.53. The number of hydrogen-bond donors (Lipinski definition) is 0. The lowest BCUT2D eigenvalue weighted by atomic mass is 10.1. The van der Waals surface area contributed by atoms with E-state index in [9.17, 15) is 8.42 Å². The van der Waals surface area contributed by atoms with Gasteiger partial charge in [0, 0.05) is 17.1 Å². The lowest BCUT2D eigenvalue weighted by Crippen LogP contribution is -2.13. The van der Waals surface area contributed by atoms with Crippen LogP contribution >= 0.6 is 0 Å². The zero-order valence-corrected chi connectivity index (χ0v) is 15.6. The Morgan fingerprint density at radius 3 is 2.65 bits per heavy atom. The van der Waals surface area contributed by atoms with Crippen LogP contribution in [0, 0.1) is 0 Å². The van der Waals surface area contributed by atoms with Crippen molar-refractivity contribution in [2.45, 2.75) is 44.7 Å². The number of aromatic nitrogens is 4. The van der Waals surface area contributed by atoms with E-state index in [1.165, 1.54) is 23.7 Å². The van der Waals surface area contributed by atoms with Crippen LogP contribution in [0.3, 0.4) is 0 Å². The van der Waals surface area contributed by atoms with Crippen molar-refractivity contribution in [2.24, 2.45) is 0 Å². The van der Waals surface area contributed by atoms with Crippen molar-refractivity contribution in [1.29, 1.82) is 0 Å². The molecule has 3 heterocycles. The summed E-state index contributed by atoms with van der Waals surface area (Å²) in [7, 11) is -2.94. The maximum atomic E-state index is 11.9. The van der Waals surface area contributed by atoms with Gasteiger partial charge in [-0.15, -0.1) is 0 Å². The van der Waals surface area contributed by atoms with Gasteiger partial charge >= 0.3 is 0 Å². The van der Waals surface area contributed by atoms with Gasteiger partial charge in [0.15, 0.2) is 9.84 Å². The Balaban J connectivity index is 1.60. The van der Waals surface area contributed by atoms with E-state index < -0.39 is 9.84 Å². The zero-order chi connectivity index (χ0) is 17.9. The van der Waals surface area contributed by atoms with Gasteiger partial charge in [-0.1, -0.05) is 19.1 Å². The van der Waals surface area contributed by atoms with Gasteiger partial charge in [0.1, 0.15) is 0 Å². The van der Waals surface area contributed by atoms with Gasteiger partial charge in [0.2, 0.25) is 0 Å². The number of fused-ring (bicyclic) bond motifs is 1. The molecule has 1 unspecified atom stereocenters. The maximum Gasteiger partial charge on any atom is 0.152 e. The van der Waals surface area contributed by atoms with E-state index >= 15 is 0 Å². The molecule has 1 saturated carbocycles. The highest BCUT2D eigenvalue weighted by Crippen LogP contribution is 2.39. The Labute approximate surface area is 152 Å². The molecule has 0 radical (unpaired) electrons. The van der Waals surface area contributed by atoms with Crippen LogP contribution < -0.4 is 0 Å². The molecule has 0 amide bonds. The van der Waals surface area contributed by atoms with Crippen LogP contribution in [0.4, 0.5) is 0 Å². The van der Waals surface area contributed by atoms with Gasteiger partial charge in [0.25, 0.3) is 0 Å². The molecule has 2 fully saturated rings. The highest BCUT2D eigenvalue weighted by atomic mass is 32.2. The summed E-state index contributed by atoms with van der Waals surface area (Å²) in [6.07, 6.45) is 5.72. The van der Waals surface area contributed by atoms with Crippen molar-refractivity contribution in [2.75, 3.05) is 11.5 Å². The number of sulfone groups is 1. The second-order valence-corrected chi connectivity index (χ2v) is 9.65. The van der Waals surface area contributed by atoms with Crippen molar-refractivity contribution in [3.63, 3.8) is 0 Å². The monoisotopic (exact) mass is 370 g/mol. The van der Waals surface area contributed by atoms with Crippen molar-refractivity contribution < 1.29 is 8.42 Å². The standard InChI is InChI=1S/C19H22N4O2S/c1-2-17-16-6-3-13(11-19(16)23(21-17)14-4-5-14)18-7-9-20-22(18)15-8-10-26(24,25)12-15/h3,6-7,9,11,14-15H,2,4-5,8,10,12H2,1H3. The van der Waals surface area contributed by atoms with Crippen LogP contribution in [0.1, 0.15) is 44.0 Å². The Hall–Kier alpha value is -2.15. The molecule has 1 aromatic carbocycles. The highest BCUT2D eigenvalue weighted by Gasteiger charge is 2.31. The molecular formula is C19H22N4O2S. The van der Waals surface area contributed by atoms with Crippen molar-refractivity contribution in [1.82, 2.24) is 19.6 Å². The number of aryl methyl sites for hydroxylation is 1. The fraction of sp³-hybridized carbons (Fsp3) is 0.474. The second-order valence-electron chi connectivity index (χ2n) is 7.43. The first-order valence-electron chi connectivity index (χ1n) is 9.31. The van der Waals surface area contributed by atoms with Gasteiger partial charge in [-0.2, -0.15) is 10.2 Å². The molecule has 136 valence electrons. The average Bonchev–Trinajstić information content (AvgIpc) is 3.08. The molecule has 0 spiro atoms. The van der Waals surface area contributed by atoms with E-state index in [0.717, 1.165) is 23.4 Å². The second kappa shape index (κ2) is 5.67. The van der Waals surface area contributed by atoms with E-state index in [-0.39, 0.29) is 17.5 Å². The highest BCUT2D eigenvalue weighted by molar-refractivity contribution is 7.91. The summed E-state index contributed by atoms with van der Waals surface area (Å²) in [5, 5.41) is 10.5. The van der Waals surface area contributed by atoms with Crippen LogP contribution in [0.2, 0.25) is 0 Å². The first-order chi connectivity index (χ1) is 12.6. The summed E-state index contributed by atoms with van der Waals surface area (Å²) in [6.45, 7) is 2.14. The number of rotatable bonds is 4. The average molecular weight is 370 g/mol. The SMILES string of the molecule is CCc1nn(C2CC2)c2cc(-c3ccnn3C3CCS(=O)(=O)C3)ccc12. The summed E-state index contributed by atoms with van der Waals surface area (Å²) < 4.78 is 27.8. The first kappa shape index (κ1) is 16.1. The molecule has 0 N–H and O–H groups in total. The van der Waals surface area contributed by atoms with Gasteiger partial charge in [-0.3, -0.25) is 9.36 Å². The minimum Gasteiger partial charge on any atom is -0.262 e. The van der Waals surface area contributed by atoms with Crippen molar-refractivity contribution >= 4 is 20.7 Å². The number of nitrogens with zero attached hydrogens (tertiary/aromatic N) is 4. The van der Waals surface area contributed by atoms with Gasteiger partial charge in [-0.25, -0.2) is 8.42 Å². The normalized spacial score (nSPS) is 22.3. The molecule has 5 rings (SSSR count). The first-order valence-corrected chi connectivity index (χ1v) is 11.1. The van der Waals surface area contributed by atoms with Crippen molar-refractivity contribution in [3.05, 3.63) is 36.2 Å². The minimum absolute atomic E-state index is 0.0692. The molecule has 1 atom stereocenters. The molecule has 2 aromatic heterocycles. The molecule has 7 heteroatoms. The molecule has 1 aliphatic heterocycles. The minimum atomic E-state index is -2.94. The van der Waals surface area contributed by atoms with E-state index in [4.69, 9.17) is 5.10 Å². The Morgan fingerprint density at radius 2 is 1.96 bits per heavy atom. The lowest BCUT2D eigenvalue weighted by Gasteiger charge is -2.13. The van der Waals surface area contributed by atoms with Gasteiger partial charge in [-0.05, 0) is 37.8 Å². The summed E-state index contributed by atoms with van der Waals surface area (Å²) in [5.74, 6) is 0.439. The fourth-order valence-corrected chi connectivity index (χ4v) is 5.71. The van der Waals surface area contributed by atoms with Crippen LogP contribution in [0.5, 0.6) is 0 Å². The molecule has 26 heavy (non-hydrogen) atoms. The molecular weight excluding hydrogens is 348 g/mol. The van der Waals surface area contributed by atoms with Crippen LogP contribution in [0.15, 0.2) is 30.5 Å². The summed E-state index contributed by atoms with van der Waals surface area (Å²) >= 11 is 0. The van der Waals surface area contributed by atoms with E-state index in [1.54, 1.807) is 6.20 Å². The Morgan fingerprint density at radius 1 is 1.12 bits per heavy atom.